The number of anilines is 1. The van der Waals surface area contributed by atoms with Gasteiger partial charge < -0.3 is 10.0 Å². The molecule has 0 aliphatic carbocycles. The van der Waals surface area contributed by atoms with Crippen molar-refractivity contribution in [2.75, 3.05) is 18.0 Å². The molecule has 1 unspecified atom stereocenters. The van der Waals surface area contributed by atoms with Gasteiger partial charge in [-0.2, -0.15) is 0 Å². The summed E-state index contributed by atoms with van der Waals surface area (Å²) in [6, 6.07) is 5.24. The molecule has 19 heavy (non-hydrogen) atoms. The largest absolute Gasteiger partial charge is 0.478 e. The molecule has 1 aromatic carbocycles. The number of rotatable bonds is 3. The number of aromatic carboxylic acids is 1. The number of benzene rings is 1. The Hall–Kier alpha value is -1.22. The Bertz CT molecular complexity index is 461. The number of carboxylic acid groups (broad SMARTS) is 1. The Morgan fingerprint density at radius 2 is 2.21 bits per heavy atom. The first kappa shape index (κ1) is 14.2. The van der Waals surface area contributed by atoms with Crippen LogP contribution in [0.2, 0.25) is 5.02 Å². The number of hydrogen-bond donors (Lipinski definition) is 1. The average Bonchev–Trinajstić information content (AvgIpc) is 2.63. The Kier molecular flexibility index (Phi) is 4.70. The Labute approximate surface area is 119 Å². The second kappa shape index (κ2) is 6.29. The van der Waals surface area contributed by atoms with Gasteiger partial charge in [-0.05, 0) is 43.4 Å². The van der Waals surface area contributed by atoms with Crippen LogP contribution in [0.1, 0.15) is 43.0 Å². The van der Waals surface area contributed by atoms with Crippen LogP contribution in [-0.4, -0.2) is 24.2 Å². The van der Waals surface area contributed by atoms with Crippen molar-refractivity contribution in [2.45, 2.75) is 32.6 Å². The smallest absolute Gasteiger partial charge is 0.337 e. The first-order valence-electron chi connectivity index (χ1n) is 6.89. The summed E-state index contributed by atoms with van der Waals surface area (Å²) in [4.78, 5) is 13.3. The van der Waals surface area contributed by atoms with Crippen molar-refractivity contribution in [3.63, 3.8) is 0 Å². The fourth-order valence-corrected chi connectivity index (χ4v) is 2.96. The summed E-state index contributed by atoms with van der Waals surface area (Å²) in [5.41, 5.74) is 1.21. The van der Waals surface area contributed by atoms with Crippen LogP contribution in [0.3, 0.4) is 0 Å². The highest BCUT2D eigenvalue weighted by molar-refractivity contribution is 6.33. The van der Waals surface area contributed by atoms with E-state index in [0.29, 0.717) is 5.02 Å². The topological polar surface area (TPSA) is 40.5 Å². The summed E-state index contributed by atoms with van der Waals surface area (Å²) in [5, 5.41) is 9.30. The highest BCUT2D eigenvalue weighted by Gasteiger charge is 2.17. The molecule has 0 radical (unpaired) electrons. The van der Waals surface area contributed by atoms with Gasteiger partial charge in [-0.15, -0.1) is 0 Å². The lowest BCUT2D eigenvalue weighted by molar-refractivity contribution is 0.0697. The van der Waals surface area contributed by atoms with Crippen LogP contribution in [0.25, 0.3) is 0 Å². The molecule has 1 heterocycles. The zero-order valence-electron chi connectivity index (χ0n) is 11.2. The van der Waals surface area contributed by atoms with E-state index in [-0.39, 0.29) is 5.56 Å². The Balaban J connectivity index is 2.13. The zero-order valence-corrected chi connectivity index (χ0v) is 12.0. The second-order valence-corrected chi connectivity index (χ2v) is 5.57. The van der Waals surface area contributed by atoms with E-state index in [1.54, 1.807) is 12.1 Å². The third-order valence-corrected chi connectivity index (χ3v) is 4.29. The lowest BCUT2D eigenvalue weighted by atomic mass is 9.98. The third-order valence-electron chi connectivity index (χ3n) is 3.97. The summed E-state index contributed by atoms with van der Waals surface area (Å²) < 4.78 is 0. The van der Waals surface area contributed by atoms with Crippen molar-refractivity contribution in [3.05, 3.63) is 28.8 Å². The van der Waals surface area contributed by atoms with Gasteiger partial charge in [0.05, 0.1) is 10.6 Å². The molecular weight excluding hydrogens is 262 g/mol. The molecule has 4 heteroatoms. The molecule has 1 N–H and O–H groups in total. The zero-order chi connectivity index (χ0) is 13.8. The van der Waals surface area contributed by atoms with E-state index in [1.165, 1.54) is 25.7 Å². The minimum atomic E-state index is -0.974. The monoisotopic (exact) mass is 281 g/mol. The lowest BCUT2D eigenvalue weighted by Gasteiger charge is -2.23. The summed E-state index contributed by atoms with van der Waals surface area (Å²) in [6.45, 7) is 4.30. The van der Waals surface area contributed by atoms with Gasteiger partial charge in [0.15, 0.2) is 0 Å². The van der Waals surface area contributed by atoms with E-state index in [1.807, 2.05) is 6.07 Å². The first-order valence-corrected chi connectivity index (χ1v) is 7.27. The normalized spacial score (nSPS) is 20.1. The fourth-order valence-electron chi connectivity index (χ4n) is 2.71. The van der Waals surface area contributed by atoms with Crippen LogP contribution >= 0.6 is 11.6 Å². The van der Waals surface area contributed by atoms with Crippen molar-refractivity contribution < 1.29 is 9.90 Å². The average molecular weight is 282 g/mol. The molecule has 2 rings (SSSR count). The molecule has 1 aliphatic heterocycles. The Morgan fingerprint density at radius 3 is 2.84 bits per heavy atom. The highest BCUT2D eigenvalue weighted by atomic mass is 35.5. The van der Waals surface area contributed by atoms with Crippen LogP contribution in [0.15, 0.2) is 18.2 Å². The summed E-state index contributed by atoms with van der Waals surface area (Å²) >= 11 is 6.03. The highest BCUT2D eigenvalue weighted by Crippen LogP contribution is 2.28. The Morgan fingerprint density at radius 1 is 1.42 bits per heavy atom. The molecule has 1 atom stereocenters. The van der Waals surface area contributed by atoms with Gasteiger partial charge in [0.2, 0.25) is 0 Å². The lowest BCUT2D eigenvalue weighted by Crippen LogP contribution is -2.24. The molecule has 3 nitrogen and oxygen atoms in total. The van der Waals surface area contributed by atoms with Gasteiger partial charge >= 0.3 is 5.97 Å². The maximum atomic E-state index is 10.9. The molecule has 0 aromatic heterocycles. The van der Waals surface area contributed by atoms with Gasteiger partial charge in [0.1, 0.15) is 0 Å². The third kappa shape index (κ3) is 3.41. The fraction of sp³-hybridized carbons (Fsp3) is 0.533. The minimum absolute atomic E-state index is 0.173. The first-order chi connectivity index (χ1) is 9.11. The summed E-state index contributed by atoms with van der Waals surface area (Å²) in [6.07, 6.45) is 4.92. The number of carbonyl (C=O) groups is 1. The molecule has 0 saturated carbocycles. The summed E-state index contributed by atoms with van der Waals surface area (Å²) in [5.74, 6) is -0.155. The van der Waals surface area contributed by atoms with Gasteiger partial charge in [-0.25, -0.2) is 4.79 Å². The molecule has 0 bridgehead atoms. The van der Waals surface area contributed by atoms with Crippen LogP contribution in [0.5, 0.6) is 0 Å². The van der Waals surface area contributed by atoms with Crippen LogP contribution < -0.4 is 4.90 Å². The van der Waals surface area contributed by atoms with Gasteiger partial charge in [-0.3, -0.25) is 0 Å². The minimum Gasteiger partial charge on any atom is -0.478 e. The van der Waals surface area contributed by atoms with Crippen molar-refractivity contribution in [2.24, 2.45) is 5.92 Å². The maximum Gasteiger partial charge on any atom is 0.337 e. The van der Waals surface area contributed by atoms with E-state index in [2.05, 4.69) is 11.8 Å². The molecule has 0 amide bonds. The number of nitrogens with zero attached hydrogens (tertiary/aromatic N) is 1. The molecule has 1 aromatic rings. The van der Waals surface area contributed by atoms with Crippen LogP contribution in [0.4, 0.5) is 5.69 Å². The SMILES string of the molecule is CCC1CCCN(c2ccc(C(=O)O)c(Cl)c2)CC1. The van der Waals surface area contributed by atoms with E-state index < -0.39 is 5.97 Å². The van der Waals surface area contributed by atoms with Crippen molar-refractivity contribution in [1.29, 1.82) is 0 Å². The van der Waals surface area contributed by atoms with E-state index in [9.17, 15) is 4.79 Å². The molecule has 1 saturated heterocycles. The van der Waals surface area contributed by atoms with E-state index in [0.717, 1.165) is 24.7 Å². The van der Waals surface area contributed by atoms with Gasteiger partial charge in [0, 0.05) is 18.8 Å². The van der Waals surface area contributed by atoms with Crippen LogP contribution in [-0.2, 0) is 0 Å². The van der Waals surface area contributed by atoms with Crippen LogP contribution in [0, 0.1) is 5.92 Å². The number of hydrogen-bond acceptors (Lipinski definition) is 2. The van der Waals surface area contributed by atoms with Gasteiger partial charge in [-0.1, -0.05) is 24.9 Å². The van der Waals surface area contributed by atoms with Crippen molar-refractivity contribution in [1.82, 2.24) is 0 Å². The van der Waals surface area contributed by atoms with Crippen molar-refractivity contribution in [3.8, 4) is 0 Å². The standard InChI is InChI=1S/C15H20ClNO2/c1-2-11-4-3-8-17(9-7-11)12-5-6-13(15(18)19)14(16)10-12/h5-6,10-11H,2-4,7-9H2,1H3,(H,18,19). The quantitative estimate of drug-likeness (QED) is 0.908. The summed E-state index contributed by atoms with van der Waals surface area (Å²) in [7, 11) is 0. The second-order valence-electron chi connectivity index (χ2n) is 5.16. The molecule has 1 fully saturated rings. The van der Waals surface area contributed by atoms with Crippen molar-refractivity contribution >= 4 is 23.3 Å². The predicted molar refractivity (Wildman–Crippen MR) is 78.3 cm³/mol. The van der Waals surface area contributed by atoms with E-state index >= 15 is 0 Å². The molecule has 1 aliphatic rings. The number of halogens is 1. The number of carboxylic acids is 1. The molecule has 104 valence electrons. The predicted octanol–water partition coefficient (Wildman–Crippen LogP) is 4.05. The molecular formula is C15H20ClNO2. The molecule has 0 spiro atoms. The maximum absolute atomic E-state index is 10.9. The van der Waals surface area contributed by atoms with Gasteiger partial charge in [0.25, 0.3) is 0 Å². The van der Waals surface area contributed by atoms with E-state index in [4.69, 9.17) is 16.7 Å².